The Morgan fingerprint density at radius 3 is 2.25 bits per heavy atom. The van der Waals surface area contributed by atoms with Gasteiger partial charge in [-0.1, -0.05) is 0 Å². The third-order valence-electron chi connectivity index (χ3n) is 4.43. The largest absolute Gasteiger partial charge is 0.418 e. The smallest absolute Gasteiger partial charge is 0.360 e. The Morgan fingerprint density at radius 2 is 1.59 bits per heavy atom. The molecule has 3 aromatic heterocycles. The number of nitrogens with zero attached hydrogens (tertiary/aromatic N) is 7. The van der Waals surface area contributed by atoms with Crippen LogP contribution in [-0.2, 0) is 12.4 Å². The predicted molar refractivity (Wildman–Crippen MR) is 98.5 cm³/mol. The molecule has 0 amide bonds. The molecule has 1 unspecified atom stereocenters. The van der Waals surface area contributed by atoms with Crippen LogP contribution in [0.25, 0.3) is 16.9 Å². The highest BCUT2D eigenvalue weighted by molar-refractivity contribution is 5.92. The second-order valence-electron chi connectivity index (χ2n) is 6.58. The molecule has 1 N–H and O–H groups in total. The van der Waals surface area contributed by atoms with E-state index in [0.717, 1.165) is 6.33 Å². The van der Waals surface area contributed by atoms with Crippen LogP contribution in [0.2, 0.25) is 0 Å². The molecule has 32 heavy (non-hydrogen) atoms. The molecule has 0 aliphatic heterocycles. The van der Waals surface area contributed by atoms with Crippen molar-refractivity contribution in [3.05, 3.63) is 60.2 Å². The molecule has 0 radical (unpaired) electrons. The van der Waals surface area contributed by atoms with E-state index in [0.29, 0.717) is 6.07 Å². The molecule has 8 nitrogen and oxygen atoms in total. The first kappa shape index (κ1) is 21.4. The molecule has 4 rings (SSSR count). The Kier molecular flexibility index (Phi) is 5.14. The summed E-state index contributed by atoms with van der Waals surface area (Å²) in [5.41, 5.74) is -3.65. The molecule has 4 aromatic rings. The fourth-order valence-corrected chi connectivity index (χ4v) is 3.03. The number of anilines is 1. The van der Waals surface area contributed by atoms with Gasteiger partial charge in [0.25, 0.3) is 5.95 Å². The topological polar surface area (TPSA) is 94.3 Å². The minimum Gasteiger partial charge on any atom is -0.360 e. The van der Waals surface area contributed by atoms with Crippen LogP contribution in [0.5, 0.6) is 0 Å². The molecule has 14 heteroatoms. The molecule has 1 aromatic carbocycles. The molecule has 0 bridgehead atoms. The molecule has 0 saturated heterocycles. The Bertz CT molecular complexity index is 1250. The highest BCUT2D eigenvalue weighted by Crippen LogP contribution is 2.40. The molecular formula is C18H12F6N8. The van der Waals surface area contributed by atoms with Crippen LogP contribution < -0.4 is 5.32 Å². The van der Waals surface area contributed by atoms with Crippen LogP contribution in [0.15, 0.2) is 43.2 Å². The predicted octanol–water partition coefficient (Wildman–Crippen LogP) is 4.21. The lowest BCUT2D eigenvalue weighted by Crippen LogP contribution is -2.17. The van der Waals surface area contributed by atoms with Crippen molar-refractivity contribution in [2.45, 2.75) is 25.3 Å². The fraction of sp³-hybridized carbons (Fsp3) is 0.222. The van der Waals surface area contributed by atoms with Gasteiger partial charge in [0.2, 0.25) is 0 Å². The molecule has 3 heterocycles. The summed E-state index contributed by atoms with van der Waals surface area (Å²) in [6, 6.07) is 1.45. The number of hydrogen-bond acceptors (Lipinski definition) is 7. The van der Waals surface area contributed by atoms with Crippen molar-refractivity contribution in [2.75, 3.05) is 5.32 Å². The Hall–Kier alpha value is -3.84. The van der Waals surface area contributed by atoms with Crippen molar-refractivity contribution in [1.82, 2.24) is 34.7 Å². The van der Waals surface area contributed by atoms with E-state index in [2.05, 4.69) is 35.3 Å². The summed E-state index contributed by atoms with van der Waals surface area (Å²) < 4.78 is 81.5. The molecular weight excluding hydrogens is 442 g/mol. The number of benzene rings is 1. The highest BCUT2D eigenvalue weighted by Gasteiger charge is 2.39. The van der Waals surface area contributed by atoms with Gasteiger partial charge in [0.1, 0.15) is 18.5 Å². The molecule has 0 aliphatic rings. The van der Waals surface area contributed by atoms with Gasteiger partial charge in [-0.05, 0) is 25.1 Å². The second kappa shape index (κ2) is 7.69. The normalized spacial score (nSPS) is 13.3. The molecule has 166 valence electrons. The number of hydrogen-bond donors (Lipinski definition) is 1. The summed E-state index contributed by atoms with van der Waals surface area (Å²) in [5.74, 6) is 0.202. The summed E-state index contributed by atoms with van der Waals surface area (Å²) in [5, 5.41) is 6.36. The van der Waals surface area contributed by atoms with E-state index in [1.54, 1.807) is 13.0 Å². The van der Waals surface area contributed by atoms with E-state index >= 15 is 0 Å². The van der Waals surface area contributed by atoms with Crippen LogP contribution >= 0.6 is 0 Å². The third-order valence-corrected chi connectivity index (χ3v) is 4.43. The quantitative estimate of drug-likeness (QED) is 0.462. The zero-order valence-electron chi connectivity index (χ0n) is 16.0. The SMILES string of the molecule is CC(Nc1ncnc2c(C(F)(F)F)cc(C(F)(F)F)cc12)c1ncnn1-c1ncccn1. The number of halogens is 6. The summed E-state index contributed by atoms with van der Waals surface area (Å²) in [6.07, 6.45) is -5.06. The van der Waals surface area contributed by atoms with Gasteiger partial charge in [-0.25, -0.2) is 24.9 Å². The van der Waals surface area contributed by atoms with Gasteiger partial charge in [-0.3, -0.25) is 0 Å². The number of nitrogens with one attached hydrogen (secondary N) is 1. The lowest BCUT2D eigenvalue weighted by molar-refractivity contribution is -0.142. The first-order valence-electron chi connectivity index (χ1n) is 8.92. The standard InChI is InChI=1S/C18H12F6N8/c1-9(15-29-8-30-32(15)16-25-3-2-4-26-16)31-14-11-5-10(17(19,20)21)6-12(18(22,23)24)13(11)27-7-28-14/h2-9H,1H3,(H,27,28,31). The minimum atomic E-state index is -5.05. The van der Waals surface area contributed by atoms with Gasteiger partial charge in [-0.2, -0.15) is 36.1 Å². The van der Waals surface area contributed by atoms with Crippen LogP contribution in [0.3, 0.4) is 0 Å². The number of alkyl halides is 6. The number of rotatable bonds is 4. The maximum absolute atomic E-state index is 13.5. The van der Waals surface area contributed by atoms with Crippen LogP contribution in [-0.4, -0.2) is 34.7 Å². The van der Waals surface area contributed by atoms with Gasteiger partial charge >= 0.3 is 12.4 Å². The van der Waals surface area contributed by atoms with E-state index in [-0.39, 0.29) is 23.7 Å². The Labute approximate surface area is 175 Å². The number of fused-ring (bicyclic) bond motifs is 1. The van der Waals surface area contributed by atoms with Crippen molar-refractivity contribution >= 4 is 16.7 Å². The number of aromatic nitrogens is 7. The fourth-order valence-electron chi connectivity index (χ4n) is 3.03. The van der Waals surface area contributed by atoms with E-state index in [9.17, 15) is 26.3 Å². The first-order chi connectivity index (χ1) is 15.1. The second-order valence-corrected chi connectivity index (χ2v) is 6.58. The van der Waals surface area contributed by atoms with Gasteiger partial charge in [0, 0.05) is 17.8 Å². The maximum atomic E-state index is 13.5. The Morgan fingerprint density at radius 1 is 0.875 bits per heavy atom. The summed E-state index contributed by atoms with van der Waals surface area (Å²) in [4.78, 5) is 19.6. The zero-order chi connectivity index (χ0) is 23.1. The van der Waals surface area contributed by atoms with Gasteiger partial charge < -0.3 is 5.32 Å². The van der Waals surface area contributed by atoms with Crippen molar-refractivity contribution < 1.29 is 26.3 Å². The van der Waals surface area contributed by atoms with Gasteiger partial charge in [0.15, 0.2) is 5.82 Å². The van der Waals surface area contributed by atoms with Gasteiger partial charge in [0.05, 0.1) is 22.7 Å². The van der Waals surface area contributed by atoms with Gasteiger partial charge in [-0.15, -0.1) is 0 Å². The summed E-state index contributed by atoms with van der Waals surface area (Å²) >= 11 is 0. The average molecular weight is 454 g/mol. The highest BCUT2D eigenvalue weighted by atomic mass is 19.4. The minimum absolute atomic E-state index is 0.0336. The van der Waals surface area contributed by atoms with Crippen LogP contribution in [0.4, 0.5) is 32.2 Å². The lowest BCUT2D eigenvalue weighted by atomic mass is 10.0. The van der Waals surface area contributed by atoms with Crippen LogP contribution in [0.1, 0.15) is 29.9 Å². The Balaban J connectivity index is 1.80. The maximum Gasteiger partial charge on any atom is 0.418 e. The summed E-state index contributed by atoms with van der Waals surface area (Å²) in [7, 11) is 0. The molecule has 0 aliphatic carbocycles. The van der Waals surface area contributed by atoms with Crippen LogP contribution in [0, 0.1) is 0 Å². The third kappa shape index (κ3) is 4.02. The average Bonchev–Trinajstić information content (AvgIpc) is 3.22. The monoisotopic (exact) mass is 454 g/mol. The van der Waals surface area contributed by atoms with E-state index in [1.807, 2.05) is 0 Å². The summed E-state index contributed by atoms with van der Waals surface area (Å²) in [6.45, 7) is 1.58. The van der Waals surface area contributed by atoms with Crippen molar-refractivity contribution in [3.8, 4) is 5.95 Å². The molecule has 1 atom stereocenters. The van der Waals surface area contributed by atoms with Crippen molar-refractivity contribution in [2.24, 2.45) is 0 Å². The van der Waals surface area contributed by atoms with Crippen molar-refractivity contribution in [1.29, 1.82) is 0 Å². The molecule has 0 spiro atoms. The zero-order valence-corrected chi connectivity index (χ0v) is 16.0. The van der Waals surface area contributed by atoms with E-state index in [4.69, 9.17) is 0 Å². The van der Waals surface area contributed by atoms with Crippen molar-refractivity contribution in [3.63, 3.8) is 0 Å². The molecule has 0 saturated carbocycles. The first-order valence-corrected chi connectivity index (χ1v) is 8.92. The molecule has 0 fully saturated rings. The lowest BCUT2D eigenvalue weighted by Gasteiger charge is -2.18. The van der Waals surface area contributed by atoms with E-state index in [1.165, 1.54) is 23.4 Å². The van der Waals surface area contributed by atoms with E-state index < -0.39 is 40.4 Å².